The maximum Gasteiger partial charge on any atom is 0.407 e. The number of hydrogen-bond acceptors (Lipinski definition) is 12. The second-order valence-electron chi connectivity index (χ2n) is 14.9. The van der Waals surface area contributed by atoms with Crippen molar-refractivity contribution in [3.05, 3.63) is 35.1 Å². The second-order valence-corrected chi connectivity index (χ2v) is 14.9. The number of esters is 2. The number of ether oxygens (including phenoxy) is 4. The normalized spacial score (nSPS) is 25.6. The van der Waals surface area contributed by atoms with Crippen LogP contribution in [0.3, 0.4) is 0 Å². The molecule has 51 heavy (non-hydrogen) atoms. The zero-order chi connectivity index (χ0) is 37.3. The fourth-order valence-electron chi connectivity index (χ4n) is 7.84. The number of hydrogen-bond donors (Lipinski definition) is 5. The molecule has 1 saturated heterocycles. The first-order chi connectivity index (χ1) is 24.0. The molecule has 1 unspecified atom stereocenters. The number of carbonyl (C=O) groups excluding carboxylic acids is 5. The number of phenolic OH excluding ortho intramolecular Hbond substituents is 1. The molecule has 2 aliphatic heterocycles. The number of nitrogens with zero attached hydrogens (tertiary/aromatic N) is 1. The molecule has 1 aromatic carbocycles. The first-order valence-electron chi connectivity index (χ1n) is 17.5. The zero-order valence-electron chi connectivity index (χ0n) is 30.1. The van der Waals surface area contributed by atoms with Crippen LogP contribution in [0.2, 0.25) is 0 Å². The number of aromatic hydroxyl groups is 1. The lowest BCUT2D eigenvalue weighted by Crippen LogP contribution is -2.74. The van der Waals surface area contributed by atoms with Crippen molar-refractivity contribution in [2.75, 3.05) is 26.7 Å². The number of nitrogens with one attached hydrogen (secondary N) is 3. The number of alkyl carbamates (subject to hydrolysis) is 1. The van der Waals surface area contributed by atoms with Crippen LogP contribution >= 0.6 is 0 Å². The molecule has 2 bridgehead atoms. The molecule has 0 aromatic heterocycles. The quantitative estimate of drug-likeness (QED) is 0.113. The molecule has 5 rings (SSSR count). The summed E-state index contributed by atoms with van der Waals surface area (Å²) in [6, 6.07) is 2.39. The minimum Gasteiger partial charge on any atom is -0.504 e. The van der Waals surface area contributed by atoms with Crippen LogP contribution in [0.4, 0.5) is 4.79 Å². The number of piperidine rings is 1. The average Bonchev–Trinajstić information content (AvgIpc) is 3.40. The summed E-state index contributed by atoms with van der Waals surface area (Å²) >= 11 is 0. The highest BCUT2D eigenvalue weighted by molar-refractivity contribution is 5.87. The summed E-state index contributed by atoms with van der Waals surface area (Å²) in [7, 11) is 1.98. The lowest BCUT2D eigenvalue weighted by Gasteiger charge is -2.61. The molecule has 2 heterocycles. The Morgan fingerprint density at radius 1 is 1.12 bits per heavy atom. The number of likely N-dealkylation sites (tertiary alicyclic amines) is 1. The molecule has 0 radical (unpaired) electrons. The van der Waals surface area contributed by atoms with Crippen LogP contribution in [-0.2, 0) is 45.2 Å². The molecular weight excluding hydrogens is 664 g/mol. The van der Waals surface area contributed by atoms with Crippen molar-refractivity contribution in [1.29, 1.82) is 0 Å². The van der Waals surface area contributed by atoms with Gasteiger partial charge < -0.3 is 50.0 Å². The van der Waals surface area contributed by atoms with Crippen LogP contribution in [0.15, 0.2) is 24.0 Å². The Kier molecular flexibility index (Phi) is 10.9. The Morgan fingerprint density at radius 2 is 1.86 bits per heavy atom. The third kappa shape index (κ3) is 7.64. The van der Waals surface area contributed by atoms with Gasteiger partial charge in [0, 0.05) is 38.0 Å². The molecule has 15 nitrogen and oxygen atoms in total. The van der Waals surface area contributed by atoms with E-state index in [9.17, 15) is 34.2 Å². The van der Waals surface area contributed by atoms with Crippen LogP contribution in [-0.4, -0.2) is 107 Å². The Labute approximate surface area is 297 Å². The second kappa shape index (κ2) is 14.7. The monoisotopic (exact) mass is 714 g/mol. The lowest BCUT2D eigenvalue weighted by molar-refractivity contribution is -0.175. The first kappa shape index (κ1) is 37.9. The van der Waals surface area contributed by atoms with Gasteiger partial charge in [0.25, 0.3) is 0 Å². The van der Waals surface area contributed by atoms with E-state index in [0.29, 0.717) is 50.9 Å². The predicted molar refractivity (Wildman–Crippen MR) is 182 cm³/mol. The summed E-state index contributed by atoms with van der Waals surface area (Å²) in [5, 5.41) is 30.8. The van der Waals surface area contributed by atoms with Crippen LogP contribution < -0.4 is 20.7 Å². The molecule has 6 atom stereocenters. The van der Waals surface area contributed by atoms with Gasteiger partial charge in [0.1, 0.15) is 17.4 Å². The fraction of sp³-hybridized carbons (Fsp3) is 0.639. The molecular formula is C36H50N4O11. The Morgan fingerprint density at radius 3 is 2.57 bits per heavy atom. The maximum absolute atomic E-state index is 13.2. The van der Waals surface area contributed by atoms with Crippen LogP contribution in [0.5, 0.6) is 11.5 Å². The molecule has 1 spiro atoms. The molecule has 1 fully saturated rings. The van der Waals surface area contributed by atoms with Gasteiger partial charge >= 0.3 is 18.0 Å². The number of likely N-dealkylation sites (N-methyl/N-ethyl adjacent to an activating group) is 1. The first-order valence-corrected chi connectivity index (χ1v) is 17.5. The van der Waals surface area contributed by atoms with Crippen molar-refractivity contribution in [2.45, 2.75) is 120 Å². The SMILES string of the molecule is CC(=O)N[C@@H](CCCCNC(=O)OC(C)(C)C)C(=O)NCCC(=O)OC(C)C(=O)OC1=CC[C@@]2(O)[C@H]3Cc4ccc(O)c5c4[C@@]2(CCN3C)[C@H]1O5. The summed E-state index contributed by atoms with van der Waals surface area (Å²) in [5.74, 6) is -2.03. The van der Waals surface area contributed by atoms with Gasteiger partial charge in [-0.25, -0.2) is 9.59 Å². The van der Waals surface area contributed by atoms with E-state index in [4.69, 9.17) is 18.9 Å². The van der Waals surface area contributed by atoms with E-state index < -0.39 is 64.7 Å². The summed E-state index contributed by atoms with van der Waals surface area (Å²) in [4.78, 5) is 64.3. The van der Waals surface area contributed by atoms with Crippen molar-refractivity contribution in [2.24, 2.45) is 0 Å². The van der Waals surface area contributed by atoms with Crippen molar-refractivity contribution in [3.63, 3.8) is 0 Å². The topological polar surface area (TPSA) is 202 Å². The molecule has 2 aliphatic carbocycles. The summed E-state index contributed by atoms with van der Waals surface area (Å²) < 4.78 is 22.6. The number of carbonyl (C=O) groups is 5. The number of phenols is 1. The summed E-state index contributed by atoms with van der Waals surface area (Å²) in [6.45, 7) is 8.87. The van der Waals surface area contributed by atoms with Crippen molar-refractivity contribution >= 4 is 29.8 Å². The number of benzene rings is 1. The van der Waals surface area contributed by atoms with Gasteiger partial charge in [-0.15, -0.1) is 0 Å². The fourth-order valence-corrected chi connectivity index (χ4v) is 7.84. The summed E-state index contributed by atoms with van der Waals surface area (Å²) in [6.07, 6.45) is 1.38. The Balaban J connectivity index is 1.11. The standard InChI is InChI=1S/C36H50N4O11/c1-20(48-27(43)13-17-37-31(44)23(39-21(2)41)9-7-8-16-38-33(46)51-34(3,4)5)32(45)49-25-12-14-36(47)26-19-22-10-11-24(42)29-28(22)35(36,30(25)50-29)15-18-40(26)6/h10-12,20,23,26,30,42,47H,7-9,13-19H2,1-6H3,(H,37,44)(H,38,46)(H,39,41)/t20?,23-,26+,30-,35-,36+/m0/s1. The zero-order valence-corrected chi connectivity index (χ0v) is 30.1. The Hall–Kier alpha value is -4.37. The Bertz CT molecular complexity index is 1590. The summed E-state index contributed by atoms with van der Waals surface area (Å²) in [5.41, 5.74) is -1.02. The highest BCUT2D eigenvalue weighted by atomic mass is 16.6. The van der Waals surface area contributed by atoms with E-state index in [1.165, 1.54) is 13.8 Å². The predicted octanol–water partition coefficient (Wildman–Crippen LogP) is 1.85. The van der Waals surface area contributed by atoms with Crippen LogP contribution in [0.1, 0.15) is 84.3 Å². The molecule has 1 aromatic rings. The van der Waals surface area contributed by atoms with E-state index in [2.05, 4.69) is 20.9 Å². The van der Waals surface area contributed by atoms with Crippen molar-refractivity contribution < 1.29 is 53.1 Å². The van der Waals surface area contributed by atoms with E-state index in [1.807, 2.05) is 13.1 Å². The minimum atomic E-state index is -1.29. The van der Waals surface area contributed by atoms with Gasteiger partial charge in [-0.3, -0.25) is 14.4 Å². The minimum absolute atomic E-state index is 0.0479. The van der Waals surface area contributed by atoms with Gasteiger partial charge in [-0.1, -0.05) is 6.07 Å². The highest BCUT2D eigenvalue weighted by Gasteiger charge is 2.72. The van der Waals surface area contributed by atoms with Gasteiger partial charge in [0.2, 0.25) is 11.8 Å². The number of amides is 3. The van der Waals surface area contributed by atoms with Crippen molar-refractivity contribution in [1.82, 2.24) is 20.9 Å². The van der Waals surface area contributed by atoms with Gasteiger partial charge in [-0.05, 0) is 91.1 Å². The molecule has 0 saturated carbocycles. The third-order valence-electron chi connectivity index (χ3n) is 10.1. The number of rotatable bonds is 13. The number of unbranched alkanes of at least 4 members (excludes halogenated alkanes) is 1. The van der Waals surface area contributed by atoms with E-state index in [-0.39, 0.29) is 36.9 Å². The number of aliphatic hydroxyl groups is 1. The maximum atomic E-state index is 13.2. The average molecular weight is 715 g/mol. The molecule has 280 valence electrons. The van der Waals surface area contributed by atoms with Crippen LogP contribution in [0, 0.1) is 0 Å². The van der Waals surface area contributed by atoms with Gasteiger partial charge in [0.15, 0.2) is 23.7 Å². The van der Waals surface area contributed by atoms with Gasteiger partial charge in [0.05, 0.1) is 17.4 Å². The highest BCUT2D eigenvalue weighted by Crippen LogP contribution is 2.65. The van der Waals surface area contributed by atoms with Crippen molar-refractivity contribution in [3.8, 4) is 11.5 Å². The third-order valence-corrected chi connectivity index (χ3v) is 10.1. The smallest absolute Gasteiger partial charge is 0.407 e. The molecule has 3 amide bonds. The largest absolute Gasteiger partial charge is 0.504 e. The molecule has 4 aliphatic rings. The van der Waals surface area contributed by atoms with E-state index >= 15 is 0 Å². The van der Waals surface area contributed by atoms with E-state index in [1.54, 1.807) is 32.9 Å². The van der Waals surface area contributed by atoms with Crippen LogP contribution in [0.25, 0.3) is 0 Å². The van der Waals surface area contributed by atoms with Gasteiger partial charge in [-0.2, -0.15) is 0 Å². The van der Waals surface area contributed by atoms with E-state index in [0.717, 1.165) is 11.1 Å². The lowest BCUT2D eigenvalue weighted by atomic mass is 9.50. The molecule has 15 heteroatoms. The molecule has 5 N–H and O–H groups in total.